The molecule has 3 nitrogen and oxygen atoms in total. The Morgan fingerprint density at radius 2 is 1.68 bits per heavy atom. The minimum Gasteiger partial charge on any atom is -0.364 e. The van der Waals surface area contributed by atoms with Crippen molar-refractivity contribution in [1.82, 2.24) is 4.90 Å². The SMILES string of the molecule is CC1C[N+]2(CCN(CCCc3ccccc3)CC2)CC(C)O1. The zero-order valence-electron chi connectivity index (χ0n) is 14.2. The minimum atomic E-state index is 0.424. The molecule has 0 amide bonds. The molecular weight excluding hydrogens is 272 g/mol. The first-order chi connectivity index (χ1) is 10.7. The number of hydrogen-bond donors (Lipinski definition) is 0. The number of piperazine rings is 1. The highest BCUT2D eigenvalue weighted by Crippen LogP contribution is 2.22. The van der Waals surface area contributed by atoms with Crippen molar-refractivity contribution in [2.75, 3.05) is 45.8 Å². The summed E-state index contributed by atoms with van der Waals surface area (Å²) in [5, 5.41) is 0. The maximum atomic E-state index is 5.93. The Morgan fingerprint density at radius 3 is 2.32 bits per heavy atom. The summed E-state index contributed by atoms with van der Waals surface area (Å²) in [6.45, 7) is 13.3. The van der Waals surface area contributed by atoms with Gasteiger partial charge in [-0.15, -0.1) is 0 Å². The third-order valence-corrected chi connectivity index (χ3v) is 5.32. The summed E-state index contributed by atoms with van der Waals surface area (Å²) in [5.74, 6) is 0. The van der Waals surface area contributed by atoms with Crippen molar-refractivity contribution in [3.8, 4) is 0 Å². The second-order valence-electron chi connectivity index (χ2n) is 7.34. The highest BCUT2D eigenvalue weighted by atomic mass is 16.5. The molecule has 2 atom stereocenters. The molecule has 2 fully saturated rings. The van der Waals surface area contributed by atoms with Crippen LogP contribution in [0.3, 0.4) is 0 Å². The van der Waals surface area contributed by atoms with E-state index in [1.165, 1.54) is 68.7 Å². The Morgan fingerprint density at radius 1 is 1.05 bits per heavy atom. The summed E-state index contributed by atoms with van der Waals surface area (Å²) in [6, 6.07) is 10.9. The molecule has 0 radical (unpaired) electrons. The van der Waals surface area contributed by atoms with Gasteiger partial charge in [-0.3, -0.25) is 4.90 Å². The molecular formula is C19H31N2O+. The zero-order valence-corrected chi connectivity index (χ0v) is 14.2. The number of rotatable bonds is 4. The van der Waals surface area contributed by atoms with E-state index in [-0.39, 0.29) is 0 Å². The molecule has 3 heteroatoms. The second-order valence-corrected chi connectivity index (χ2v) is 7.34. The molecule has 22 heavy (non-hydrogen) atoms. The third kappa shape index (κ3) is 4.09. The average Bonchev–Trinajstić information content (AvgIpc) is 2.49. The van der Waals surface area contributed by atoms with E-state index in [4.69, 9.17) is 4.74 Å². The number of quaternary nitrogens is 1. The summed E-state index contributed by atoms with van der Waals surface area (Å²) < 4.78 is 7.21. The molecule has 1 spiro atoms. The van der Waals surface area contributed by atoms with Crippen LogP contribution in [0.15, 0.2) is 30.3 Å². The van der Waals surface area contributed by atoms with E-state index < -0.39 is 0 Å². The molecule has 1 aromatic rings. The fraction of sp³-hybridized carbons (Fsp3) is 0.684. The summed E-state index contributed by atoms with van der Waals surface area (Å²) in [5.41, 5.74) is 1.47. The number of morpholine rings is 1. The van der Waals surface area contributed by atoms with Crippen LogP contribution < -0.4 is 0 Å². The monoisotopic (exact) mass is 303 g/mol. The quantitative estimate of drug-likeness (QED) is 0.793. The lowest BCUT2D eigenvalue weighted by Crippen LogP contribution is -2.66. The Labute approximate surface area is 135 Å². The minimum absolute atomic E-state index is 0.424. The van der Waals surface area contributed by atoms with Crippen molar-refractivity contribution >= 4 is 0 Å². The van der Waals surface area contributed by atoms with Gasteiger partial charge in [-0.05, 0) is 38.8 Å². The molecule has 3 rings (SSSR count). The van der Waals surface area contributed by atoms with E-state index in [1.807, 2.05) is 0 Å². The lowest BCUT2D eigenvalue weighted by molar-refractivity contribution is -0.945. The first-order valence-corrected chi connectivity index (χ1v) is 8.92. The van der Waals surface area contributed by atoms with Crippen LogP contribution in [0.5, 0.6) is 0 Å². The summed E-state index contributed by atoms with van der Waals surface area (Å²) in [7, 11) is 0. The Hall–Kier alpha value is -0.900. The average molecular weight is 303 g/mol. The van der Waals surface area contributed by atoms with Gasteiger partial charge >= 0.3 is 0 Å². The first kappa shape index (κ1) is 16.0. The largest absolute Gasteiger partial charge is 0.364 e. The number of hydrogen-bond acceptors (Lipinski definition) is 2. The van der Waals surface area contributed by atoms with Crippen molar-refractivity contribution in [3.05, 3.63) is 35.9 Å². The van der Waals surface area contributed by atoms with E-state index in [9.17, 15) is 0 Å². The highest BCUT2D eigenvalue weighted by molar-refractivity contribution is 5.14. The topological polar surface area (TPSA) is 12.5 Å². The van der Waals surface area contributed by atoms with Crippen molar-refractivity contribution in [1.29, 1.82) is 0 Å². The van der Waals surface area contributed by atoms with E-state index in [0.29, 0.717) is 12.2 Å². The molecule has 1 aromatic carbocycles. The molecule has 0 aliphatic carbocycles. The van der Waals surface area contributed by atoms with Crippen LogP contribution in [0, 0.1) is 0 Å². The van der Waals surface area contributed by atoms with Crippen molar-refractivity contribution in [2.24, 2.45) is 0 Å². The van der Waals surface area contributed by atoms with Gasteiger partial charge in [-0.2, -0.15) is 0 Å². The lowest BCUT2D eigenvalue weighted by Gasteiger charge is -2.50. The normalized spacial score (nSPS) is 28.8. The molecule has 0 aromatic heterocycles. The van der Waals surface area contributed by atoms with Crippen LogP contribution in [0.2, 0.25) is 0 Å². The molecule has 0 saturated carbocycles. The van der Waals surface area contributed by atoms with Crippen LogP contribution in [0.1, 0.15) is 25.8 Å². The molecule has 0 bridgehead atoms. The van der Waals surface area contributed by atoms with Crippen LogP contribution >= 0.6 is 0 Å². The van der Waals surface area contributed by atoms with E-state index in [0.717, 1.165) is 0 Å². The maximum Gasteiger partial charge on any atom is 0.105 e. The van der Waals surface area contributed by atoms with E-state index >= 15 is 0 Å². The number of benzene rings is 1. The van der Waals surface area contributed by atoms with Crippen LogP contribution in [0.4, 0.5) is 0 Å². The smallest absolute Gasteiger partial charge is 0.105 e. The molecule has 0 N–H and O–H groups in total. The first-order valence-electron chi connectivity index (χ1n) is 8.92. The van der Waals surface area contributed by atoms with Gasteiger partial charge in [0.2, 0.25) is 0 Å². The van der Waals surface area contributed by atoms with Gasteiger partial charge < -0.3 is 9.22 Å². The van der Waals surface area contributed by atoms with Gasteiger partial charge in [-0.25, -0.2) is 0 Å². The van der Waals surface area contributed by atoms with Gasteiger partial charge in [0.05, 0.1) is 13.1 Å². The Bertz CT molecular complexity index is 442. The van der Waals surface area contributed by atoms with Gasteiger partial charge in [0.1, 0.15) is 25.3 Å². The number of ether oxygens (including phenoxy) is 1. The Kier molecular flexibility index (Phi) is 5.17. The van der Waals surface area contributed by atoms with E-state index in [2.05, 4.69) is 49.1 Å². The maximum absolute atomic E-state index is 5.93. The summed E-state index contributed by atoms with van der Waals surface area (Å²) in [6.07, 6.45) is 3.33. The summed E-state index contributed by atoms with van der Waals surface area (Å²) in [4.78, 5) is 2.66. The highest BCUT2D eigenvalue weighted by Gasteiger charge is 2.39. The predicted molar refractivity (Wildman–Crippen MR) is 90.9 cm³/mol. The lowest BCUT2D eigenvalue weighted by atomic mass is 10.1. The van der Waals surface area contributed by atoms with Crippen LogP contribution in [-0.4, -0.2) is 67.4 Å². The summed E-state index contributed by atoms with van der Waals surface area (Å²) >= 11 is 0. The standard InChI is InChI=1S/C19H31N2O/c1-17-15-21(16-18(2)22-17)13-11-20(12-14-21)10-6-9-19-7-4-3-5-8-19/h3-5,7-8,17-18H,6,9-16H2,1-2H3/q+1. The molecule has 2 aliphatic heterocycles. The van der Waals surface area contributed by atoms with Crippen LogP contribution in [-0.2, 0) is 11.2 Å². The second kappa shape index (κ2) is 7.12. The molecule has 2 heterocycles. The van der Waals surface area contributed by atoms with Gasteiger partial charge in [0, 0.05) is 13.1 Å². The van der Waals surface area contributed by atoms with Gasteiger partial charge in [-0.1, -0.05) is 30.3 Å². The molecule has 2 aliphatic rings. The number of nitrogens with zero attached hydrogens (tertiary/aromatic N) is 2. The number of aryl methyl sites for hydroxylation is 1. The van der Waals surface area contributed by atoms with Crippen molar-refractivity contribution in [3.63, 3.8) is 0 Å². The molecule has 122 valence electrons. The fourth-order valence-corrected chi connectivity index (χ4v) is 4.32. The van der Waals surface area contributed by atoms with Crippen molar-refractivity contribution in [2.45, 2.75) is 38.9 Å². The van der Waals surface area contributed by atoms with E-state index in [1.54, 1.807) is 0 Å². The molecule has 2 unspecified atom stereocenters. The van der Waals surface area contributed by atoms with Gasteiger partial charge in [0.25, 0.3) is 0 Å². The zero-order chi connectivity index (χ0) is 15.4. The third-order valence-electron chi connectivity index (χ3n) is 5.32. The van der Waals surface area contributed by atoms with Crippen LogP contribution in [0.25, 0.3) is 0 Å². The Balaban J connectivity index is 1.42. The molecule has 2 saturated heterocycles. The van der Waals surface area contributed by atoms with Gasteiger partial charge in [0.15, 0.2) is 0 Å². The van der Waals surface area contributed by atoms with Crippen molar-refractivity contribution < 1.29 is 9.22 Å². The fourth-order valence-electron chi connectivity index (χ4n) is 4.32. The predicted octanol–water partition coefficient (Wildman–Crippen LogP) is 2.56.